The van der Waals surface area contributed by atoms with Gasteiger partial charge < -0.3 is 9.47 Å². The number of phosphoric acid groups is 1. The van der Waals surface area contributed by atoms with E-state index in [1.807, 2.05) is 0 Å². The highest BCUT2D eigenvalue weighted by atomic mass is 31.2. The van der Waals surface area contributed by atoms with E-state index in [0.29, 0.717) is 0 Å². The monoisotopic (exact) mass is 336 g/mol. The maximum Gasteiger partial charge on any atom is 0.474 e. The molecule has 0 atom stereocenters. The first-order valence-corrected chi connectivity index (χ1v) is 7.78. The van der Waals surface area contributed by atoms with E-state index in [0.717, 1.165) is 7.11 Å². The van der Waals surface area contributed by atoms with Crippen molar-refractivity contribution in [3.05, 3.63) is 24.3 Å². The predicted molar refractivity (Wildman–Crippen MR) is 78.1 cm³/mol. The molecule has 0 aliphatic rings. The molecular weight excluding hydrogens is 315 g/mol. The Bertz CT molecular complexity index is 433. The van der Waals surface area contributed by atoms with Crippen LogP contribution in [0.1, 0.15) is 13.8 Å². The van der Waals surface area contributed by atoms with Crippen LogP contribution in [-0.4, -0.2) is 45.5 Å². The molecule has 0 unspecified atom stereocenters. The average molecular weight is 336 g/mol. The molecule has 0 aromatic carbocycles. The van der Waals surface area contributed by atoms with Gasteiger partial charge in [-0.25, -0.2) is 14.2 Å². The molecule has 0 N–H and O–H groups in total. The Morgan fingerprint density at radius 1 is 0.864 bits per heavy atom. The lowest BCUT2D eigenvalue weighted by Gasteiger charge is -2.16. The maximum atomic E-state index is 12.0. The Balaban J connectivity index is 4.01. The largest absolute Gasteiger partial charge is 0.474 e. The van der Waals surface area contributed by atoms with Gasteiger partial charge in [-0.1, -0.05) is 13.2 Å². The first kappa shape index (κ1) is 20.5. The SMILES string of the molecule is C=C(C)C(=O)OCCOP(=O)(OC)OCCOC(=O)C(=C)C. The molecule has 8 nitrogen and oxygen atoms in total. The Morgan fingerprint density at radius 2 is 1.23 bits per heavy atom. The number of rotatable bonds is 11. The molecule has 9 heteroatoms. The Hall–Kier alpha value is -1.47. The summed E-state index contributed by atoms with van der Waals surface area (Å²) in [5.41, 5.74) is 0.482. The van der Waals surface area contributed by atoms with Crippen LogP contribution in [0.3, 0.4) is 0 Å². The summed E-state index contributed by atoms with van der Waals surface area (Å²) >= 11 is 0. The molecule has 126 valence electrons. The standard InChI is InChI=1S/C13H21O8P/c1-10(2)12(14)18-6-8-20-22(16,17-5)21-9-7-19-13(15)11(3)4/h1,3,6-9H2,2,4-5H3. The summed E-state index contributed by atoms with van der Waals surface area (Å²) in [4.78, 5) is 22.2. The quantitative estimate of drug-likeness (QED) is 0.245. The number of ether oxygens (including phenoxy) is 2. The molecule has 0 saturated heterocycles. The lowest BCUT2D eigenvalue weighted by Crippen LogP contribution is -2.13. The lowest BCUT2D eigenvalue weighted by molar-refractivity contribution is -0.140. The van der Waals surface area contributed by atoms with Crippen LogP contribution in [0, 0.1) is 0 Å². The van der Waals surface area contributed by atoms with E-state index < -0.39 is 19.8 Å². The van der Waals surface area contributed by atoms with Gasteiger partial charge in [0.25, 0.3) is 0 Å². The Morgan fingerprint density at radius 3 is 1.50 bits per heavy atom. The minimum atomic E-state index is -3.80. The van der Waals surface area contributed by atoms with Crippen LogP contribution in [-0.2, 0) is 37.2 Å². The minimum Gasteiger partial charge on any atom is -0.460 e. The lowest BCUT2D eigenvalue weighted by atomic mass is 10.4. The number of hydrogen-bond acceptors (Lipinski definition) is 8. The molecule has 0 heterocycles. The van der Waals surface area contributed by atoms with Gasteiger partial charge >= 0.3 is 19.8 Å². The van der Waals surface area contributed by atoms with Gasteiger partial charge in [0.2, 0.25) is 0 Å². The first-order chi connectivity index (χ1) is 10.2. The highest BCUT2D eigenvalue weighted by Crippen LogP contribution is 2.48. The van der Waals surface area contributed by atoms with Gasteiger partial charge in [0.1, 0.15) is 13.2 Å². The minimum absolute atomic E-state index is 0.132. The zero-order valence-electron chi connectivity index (χ0n) is 13.0. The van der Waals surface area contributed by atoms with Gasteiger partial charge in [0.15, 0.2) is 0 Å². The number of carbonyl (C=O) groups excluding carboxylic acids is 2. The van der Waals surface area contributed by atoms with Gasteiger partial charge in [-0.15, -0.1) is 0 Å². The summed E-state index contributed by atoms with van der Waals surface area (Å²) in [5.74, 6) is -1.16. The molecule has 0 aliphatic heterocycles. The van der Waals surface area contributed by atoms with Crippen LogP contribution < -0.4 is 0 Å². The second kappa shape index (κ2) is 10.3. The van der Waals surface area contributed by atoms with Crippen molar-refractivity contribution in [2.75, 3.05) is 33.5 Å². The number of phosphoric ester groups is 1. The predicted octanol–water partition coefficient (Wildman–Crippen LogP) is 2.01. The molecule has 0 radical (unpaired) electrons. The molecule has 0 rings (SSSR count). The average Bonchev–Trinajstić information content (AvgIpc) is 2.47. The normalized spacial score (nSPS) is 10.9. The van der Waals surface area contributed by atoms with Gasteiger partial charge in [-0.3, -0.25) is 13.6 Å². The zero-order valence-corrected chi connectivity index (χ0v) is 13.9. The van der Waals surface area contributed by atoms with Gasteiger partial charge in [-0.2, -0.15) is 0 Å². The van der Waals surface area contributed by atoms with Gasteiger partial charge in [-0.05, 0) is 13.8 Å². The fourth-order valence-electron chi connectivity index (χ4n) is 0.956. The van der Waals surface area contributed by atoms with Crippen molar-refractivity contribution in [2.45, 2.75) is 13.8 Å². The van der Waals surface area contributed by atoms with Crippen LogP contribution in [0.2, 0.25) is 0 Å². The molecule has 0 aliphatic carbocycles. The van der Waals surface area contributed by atoms with E-state index in [2.05, 4.69) is 17.7 Å². The fourth-order valence-corrected chi connectivity index (χ4v) is 1.84. The van der Waals surface area contributed by atoms with Crippen molar-refractivity contribution < 1.29 is 37.2 Å². The molecule has 0 fully saturated rings. The molecule has 0 aromatic rings. The molecule has 0 bridgehead atoms. The maximum absolute atomic E-state index is 12.0. The summed E-state index contributed by atoms with van der Waals surface area (Å²) in [6, 6.07) is 0. The van der Waals surface area contributed by atoms with Crippen LogP contribution >= 0.6 is 7.82 Å². The Labute approximate surface area is 129 Å². The third-order valence-corrected chi connectivity index (χ3v) is 3.50. The topological polar surface area (TPSA) is 97.4 Å². The van der Waals surface area contributed by atoms with Gasteiger partial charge in [0, 0.05) is 18.3 Å². The summed E-state index contributed by atoms with van der Waals surface area (Å²) < 4.78 is 35.9. The van der Waals surface area contributed by atoms with E-state index in [9.17, 15) is 14.2 Å². The highest BCUT2D eigenvalue weighted by molar-refractivity contribution is 7.48. The first-order valence-electron chi connectivity index (χ1n) is 6.32. The molecular formula is C13H21O8P. The smallest absolute Gasteiger partial charge is 0.460 e. The van der Waals surface area contributed by atoms with E-state index in [1.54, 1.807) is 0 Å². The van der Waals surface area contributed by atoms with Crippen molar-refractivity contribution in [3.63, 3.8) is 0 Å². The van der Waals surface area contributed by atoms with Gasteiger partial charge in [0.05, 0.1) is 13.2 Å². The van der Waals surface area contributed by atoms with E-state index >= 15 is 0 Å². The molecule has 0 saturated carbocycles. The number of hydrogen-bond donors (Lipinski definition) is 0. The van der Waals surface area contributed by atoms with Crippen LogP contribution in [0.15, 0.2) is 24.3 Å². The highest BCUT2D eigenvalue weighted by Gasteiger charge is 2.25. The van der Waals surface area contributed by atoms with Crippen molar-refractivity contribution in [1.82, 2.24) is 0 Å². The van der Waals surface area contributed by atoms with Crippen molar-refractivity contribution in [2.24, 2.45) is 0 Å². The molecule has 0 spiro atoms. The third-order valence-electron chi connectivity index (χ3n) is 2.05. The third kappa shape index (κ3) is 8.74. The van der Waals surface area contributed by atoms with E-state index in [4.69, 9.17) is 18.5 Å². The number of carbonyl (C=O) groups is 2. The molecule has 0 aromatic heterocycles. The molecule has 22 heavy (non-hydrogen) atoms. The van der Waals surface area contributed by atoms with Crippen LogP contribution in [0.25, 0.3) is 0 Å². The van der Waals surface area contributed by atoms with E-state index in [-0.39, 0.29) is 37.6 Å². The summed E-state index contributed by atoms with van der Waals surface area (Å²) in [5, 5.41) is 0. The van der Waals surface area contributed by atoms with Crippen molar-refractivity contribution in [3.8, 4) is 0 Å². The van der Waals surface area contributed by atoms with E-state index in [1.165, 1.54) is 13.8 Å². The second-order valence-corrected chi connectivity index (χ2v) is 5.90. The molecule has 0 amide bonds. The fraction of sp³-hybridized carbons (Fsp3) is 0.538. The zero-order chi connectivity index (χ0) is 17.2. The summed E-state index contributed by atoms with van der Waals surface area (Å²) in [6.45, 7) is 9.18. The number of esters is 2. The summed E-state index contributed by atoms with van der Waals surface area (Å²) in [6.07, 6.45) is 0. The Kier molecular flexibility index (Phi) is 9.60. The second-order valence-electron chi connectivity index (χ2n) is 4.13. The van der Waals surface area contributed by atoms with Crippen LogP contribution in [0.5, 0.6) is 0 Å². The van der Waals surface area contributed by atoms with Crippen LogP contribution in [0.4, 0.5) is 0 Å². The summed E-state index contributed by atoms with van der Waals surface area (Å²) in [7, 11) is -2.66. The van der Waals surface area contributed by atoms with Crippen molar-refractivity contribution >= 4 is 19.8 Å². The van der Waals surface area contributed by atoms with Crippen molar-refractivity contribution in [1.29, 1.82) is 0 Å².